The van der Waals surface area contributed by atoms with Crippen LogP contribution in [0.1, 0.15) is 25.3 Å². The minimum atomic E-state index is -0.374. The summed E-state index contributed by atoms with van der Waals surface area (Å²) in [5, 5.41) is 22.5. The van der Waals surface area contributed by atoms with Crippen molar-refractivity contribution in [3.05, 3.63) is 10.7 Å². The topological polar surface area (TPSA) is 68.9 Å². The summed E-state index contributed by atoms with van der Waals surface area (Å²) in [4.78, 5) is 0. The van der Waals surface area contributed by atoms with Gasteiger partial charge in [0.2, 0.25) is 0 Å². The molecule has 0 spiro atoms. The van der Waals surface area contributed by atoms with Crippen molar-refractivity contribution in [2.24, 2.45) is 5.92 Å². The summed E-state index contributed by atoms with van der Waals surface area (Å²) >= 11 is 6.95. The van der Waals surface area contributed by atoms with Crippen molar-refractivity contribution in [1.29, 1.82) is 5.26 Å². The third-order valence-electron chi connectivity index (χ3n) is 2.97. The summed E-state index contributed by atoms with van der Waals surface area (Å²) in [6, 6.07) is 2.02. The number of aliphatic hydroxyl groups is 1. The van der Waals surface area contributed by atoms with Crippen molar-refractivity contribution >= 4 is 28.1 Å². The average molecular weight is 258 g/mol. The highest BCUT2D eigenvalue weighted by Gasteiger charge is 2.41. The van der Waals surface area contributed by atoms with E-state index in [-0.39, 0.29) is 17.3 Å². The number of hydrogen-bond acceptors (Lipinski definition) is 5. The molecule has 1 atom stereocenters. The predicted molar refractivity (Wildman–Crippen MR) is 63.7 cm³/mol. The third-order valence-corrected chi connectivity index (χ3v) is 4.10. The molecule has 6 heteroatoms. The molecule has 1 heterocycles. The second kappa shape index (κ2) is 4.21. The van der Waals surface area contributed by atoms with Crippen molar-refractivity contribution < 1.29 is 5.11 Å². The Kier molecular flexibility index (Phi) is 3.06. The summed E-state index contributed by atoms with van der Waals surface area (Å²) in [6.45, 7) is 2.00. The zero-order chi connectivity index (χ0) is 11.8. The first-order valence-electron chi connectivity index (χ1n) is 5.05. The molecule has 16 heavy (non-hydrogen) atoms. The predicted octanol–water partition coefficient (Wildman–Crippen LogP) is 2.24. The maximum absolute atomic E-state index is 9.43. The Balaban J connectivity index is 2.22. The van der Waals surface area contributed by atoms with Gasteiger partial charge < -0.3 is 10.4 Å². The van der Waals surface area contributed by atoms with Gasteiger partial charge in [0.1, 0.15) is 16.6 Å². The lowest BCUT2D eigenvalue weighted by molar-refractivity contribution is 0.206. The lowest BCUT2D eigenvalue weighted by Crippen LogP contribution is -2.41. The molecule has 1 aromatic rings. The summed E-state index contributed by atoms with van der Waals surface area (Å²) < 4.78 is 3.93. The van der Waals surface area contributed by atoms with Crippen LogP contribution in [-0.4, -0.2) is 21.6 Å². The van der Waals surface area contributed by atoms with Crippen LogP contribution < -0.4 is 5.32 Å². The lowest BCUT2D eigenvalue weighted by Gasteiger charge is -2.29. The maximum atomic E-state index is 9.43. The van der Waals surface area contributed by atoms with Gasteiger partial charge in [0.25, 0.3) is 0 Å². The van der Waals surface area contributed by atoms with Gasteiger partial charge in [-0.2, -0.15) is 9.64 Å². The van der Waals surface area contributed by atoms with Crippen LogP contribution in [0.2, 0.25) is 5.15 Å². The molecule has 1 aliphatic rings. The van der Waals surface area contributed by atoms with Gasteiger partial charge in [-0.3, -0.25) is 0 Å². The van der Waals surface area contributed by atoms with Gasteiger partial charge in [-0.05, 0) is 37.2 Å². The molecule has 4 nitrogen and oxygen atoms in total. The highest BCUT2D eigenvalue weighted by molar-refractivity contribution is 7.10. The van der Waals surface area contributed by atoms with Crippen molar-refractivity contribution in [3.8, 4) is 6.07 Å². The largest absolute Gasteiger partial charge is 0.394 e. The monoisotopic (exact) mass is 257 g/mol. The fourth-order valence-electron chi connectivity index (χ4n) is 1.70. The second-order valence-corrected chi connectivity index (χ2v) is 5.40. The average Bonchev–Trinajstić information content (AvgIpc) is 3.06. The number of anilines is 1. The number of halogens is 1. The number of nitrogens with one attached hydrogen (secondary N) is 1. The van der Waals surface area contributed by atoms with E-state index >= 15 is 0 Å². The van der Waals surface area contributed by atoms with Gasteiger partial charge in [0, 0.05) is 0 Å². The molecule has 1 saturated carbocycles. The normalized spacial score (nSPS) is 18.9. The smallest absolute Gasteiger partial charge is 0.162 e. The van der Waals surface area contributed by atoms with Crippen molar-refractivity contribution in [2.45, 2.75) is 25.3 Å². The molecule has 1 aliphatic carbocycles. The SMILES string of the molecule is CC(CO)(Nc1snc(Cl)c1C#N)C1CC1. The summed E-state index contributed by atoms with van der Waals surface area (Å²) in [5.41, 5.74) is -0.00596. The zero-order valence-electron chi connectivity index (χ0n) is 8.83. The van der Waals surface area contributed by atoms with Crippen molar-refractivity contribution in [1.82, 2.24) is 4.37 Å². The molecule has 1 aromatic heterocycles. The fraction of sp³-hybridized carbons (Fsp3) is 0.600. The summed E-state index contributed by atoms with van der Waals surface area (Å²) in [7, 11) is 0. The molecule has 0 amide bonds. The number of rotatable bonds is 4. The van der Waals surface area contributed by atoms with Crippen LogP contribution in [0.15, 0.2) is 0 Å². The first-order valence-corrected chi connectivity index (χ1v) is 6.20. The number of aromatic nitrogens is 1. The van der Waals surface area contributed by atoms with Crippen LogP contribution in [0.5, 0.6) is 0 Å². The minimum Gasteiger partial charge on any atom is -0.394 e. The van der Waals surface area contributed by atoms with Gasteiger partial charge in [0.15, 0.2) is 5.15 Å². The summed E-state index contributed by atoms with van der Waals surface area (Å²) in [5.74, 6) is 0.463. The zero-order valence-corrected chi connectivity index (χ0v) is 10.4. The van der Waals surface area contributed by atoms with Crippen molar-refractivity contribution in [2.75, 3.05) is 11.9 Å². The van der Waals surface area contributed by atoms with E-state index in [9.17, 15) is 5.11 Å². The molecular formula is C10H12ClN3OS. The molecule has 2 N–H and O–H groups in total. The number of hydrogen-bond donors (Lipinski definition) is 2. The standard InChI is InChI=1S/C10H12ClN3OS/c1-10(5-15,6-2-3-6)13-9-7(4-12)8(11)14-16-9/h6,13,15H,2-3,5H2,1H3. The van der Waals surface area contributed by atoms with Crippen LogP contribution >= 0.6 is 23.1 Å². The first kappa shape index (κ1) is 11.6. The highest BCUT2D eigenvalue weighted by atomic mass is 35.5. The van der Waals surface area contributed by atoms with E-state index in [1.165, 1.54) is 0 Å². The number of nitriles is 1. The van der Waals surface area contributed by atoms with E-state index in [0.717, 1.165) is 24.4 Å². The Morgan fingerprint density at radius 1 is 1.75 bits per heavy atom. The van der Waals surface area contributed by atoms with Gasteiger partial charge in [-0.1, -0.05) is 11.6 Å². The van der Waals surface area contributed by atoms with Crippen LogP contribution in [0.25, 0.3) is 0 Å². The van der Waals surface area contributed by atoms with Gasteiger partial charge >= 0.3 is 0 Å². The third kappa shape index (κ3) is 2.01. The van der Waals surface area contributed by atoms with E-state index in [2.05, 4.69) is 9.69 Å². The quantitative estimate of drug-likeness (QED) is 0.868. The minimum absolute atomic E-state index is 0.0397. The van der Waals surface area contributed by atoms with Crippen molar-refractivity contribution in [3.63, 3.8) is 0 Å². The molecular weight excluding hydrogens is 246 g/mol. The van der Waals surface area contributed by atoms with Crippen LogP contribution in [0.4, 0.5) is 5.00 Å². The van der Waals surface area contributed by atoms with Crippen LogP contribution in [0, 0.1) is 17.2 Å². The van der Waals surface area contributed by atoms with E-state index in [1.807, 2.05) is 13.0 Å². The maximum Gasteiger partial charge on any atom is 0.162 e. The van der Waals surface area contributed by atoms with E-state index < -0.39 is 0 Å². The van der Waals surface area contributed by atoms with Crippen LogP contribution in [0.3, 0.4) is 0 Å². The lowest BCUT2D eigenvalue weighted by atomic mass is 9.97. The second-order valence-electron chi connectivity index (χ2n) is 4.26. The molecule has 1 fully saturated rings. The molecule has 1 unspecified atom stereocenters. The van der Waals surface area contributed by atoms with Gasteiger partial charge in [-0.25, -0.2) is 0 Å². The van der Waals surface area contributed by atoms with E-state index in [0.29, 0.717) is 16.5 Å². The molecule has 0 aromatic carbocycles. The molecule has 0 aliphatic heterocycles. The molecule has 86 valence electrons. The van der Waals surface area contributed by atoms with Gasteiger partial charge in [-0.15, -0.1) is 0 Å². The van der Waals surface area contributed by atoms with Gasteiger partial charge in [0.05, 0.1) is 12.1 Å². The Morgan fingerprint density at radius 3 is 2.94 bits per heavy atom. The Hall–Kier alpha value is -0.830. The first-order chi connectivity index (χ1) is 7.60. The number of aliphatic hydroxyl groups excluding tert-OH is 1. The number of nitrogens with zero attached hydrogens (tertiary/aromatic N) is 2. The van der Waals surface area contributed by atoms with Crippen LogP contribution in [-0.2, 0) is 0 Å². The Bertz CT molecular complexity index is 438. The Labute approximate surface area is 103 Å². The Morgan fingerprint density at radius 2 is 2.44 bits per heavy atom. The summed E-state index contributed by atoms with van der Waals surface area (Å²) in [6.07, 6.45) is 2.22. The molecule has 0 radical (unpaired) electrons. The molecule has 0 saturated heterocycles. The highest BCUT2D eigenvalue weighted by Crippen LogP contribution is 2.42. The van der Waals surface area contributed by atoms with E-state index in [4.69, 9.17) is 16.9 Å². The fourth-order valence-corrected chi connectivity index (χ4v) is 2.77. The van der Waals surface area contributed by atoms with E-state index in [1.54, 1.807) is 0 Å². The molecule has 2 rings (SSSR count). The molecule has 0 bridgehead atoms.